The van der Waals surface area contributed by atoms with Gasteiger partial charge in [-0.1, -0.05) is 42.5 Å². The number of rotatable bonds is 10. The van der Waals surface area contributed by atoms with Crippen LogP contribution in [0.3, 0.4) is 0 Å². The molecule has 2 aliphatic rings. The van der Waals surface area contributed by atoms with E-state index in [-0.39, 0.29) is 11.5 Å². The Balaban J connectivity index is 1.19. The average molecular weight is 562 g/mol. The normalized spacial score (nSPS) is 20.5. The van der Waals surface area contributed by atoms with Gasteiger partial charge in [-0.25, -0.2) is 9.78 Å². The molecule has 1 atom stereocenters. The lowest BCUT2D eigenvalue weighted by molar-refractivity contribution is 0.0281. The highest BCUT2D eigenvalue weighted by atomic mass is 16.6. The minimum atomic E-state index is -0.485. The molecule has 3 heterocycles. The minimum Gasteiger partial charge on any atom is -0.444 e. The van der Waals surface area contributed by atoms with Crippen LogP contribution in [-0.2, 0) is 21.4 Å². The van der Waals surface area contributed by atoms with Gasteiger partial charge in [0.1, 0.15) is 5.60 Å². The Hall–Kier alpha value is -3.10. The number of hydrogen-bond donors (Lipinski definition) is 1. The number of carbonyl (C=O) groups excluding carboxylic acids is 1. The quantitative estimate of drug-likeness (QED) is 0.310. The number of nitrogens with zero attached hydrogens (tertiary/aromatic N) is 4. The maximum absolute atomic E-state index is 12.9. The largest absolute Gasteiger partial charge is 0.444 e. The van der Waals surface area contributed by atoms with Gasteiger partial charge in [-0.2, -0.15) is 0 Å². The summed E-state index contributed by atoms with van der Waals surface area (Å²) in [4.78, 5) is 22.3. The Labute approximate surface area is 245 Å². The third-order valence-electron chi connectivity index (χ3n) is 8.54. The molecule has 1 aromatic heterocycles. The maximum atomic E-state index is 12.9. The lowest BCUT2D eigenvalue weighted by Crippen LogP contribution is -2.43. The minimum absolute atomic E-state index is 0.0430. The molecule has 1 unspecified atom stereocenters. The fraction of sp³-hybridized carbons (Fsp3) is 0.576. The second-order valence-corrected chi connectivity index (χ2v) is 12.6. The smallest absolute Gasteiger partial charge is 0.410 e. The third kappa shape index (κ3) is 7.22. The van der Waals surface area contributed by atoms with Crippen LogP contribution in [0.25, 0.3) is 11.0 Å². The van der Waals surface area contributed by atoms with Crippen molar-refractivity contribution in [2.75, 3.05) is 51.3 Å². The van der Waals surface area contributed by atoms with Crippen LogP contribution < -0.4 is 5.32 Å². The Kier molecular flexibility index (Phi) is 9.19. The summed E-state index contributed by atoms with van der Waals surface area (Å²) in [5.74, 6) is 0.945. The molecule has 2 aliphatic heterocycles. The first-order chi connectivity index (χ1) is 19.8. The van der Waals surface area contributed by atoms with Crippen molar-refractivity contribution in [2.24, 2.45) is 0 Å². The van der Waals surface area contributed by atoms with Crippen LogP contribution in [0.1, 0.15) is 58.9 Å². The lowest BCUT2D eigenvalue weighted by atomic mass is 9.76. The molecule has 1 N–H and O–H groups in total. The van der Waals surface area contributed by atoms with Crippen molar-refractivity contribution >= 4 is 23.1 Å². The molecule has 5 rings (SSSR count). The van der Waals surface area contributed by atoms with Crippen LogP contribution in [-0.4, -0.2) is 83.0 Å². The molecule has 0 aliphatic carbocycles. The summed E-state index contributed by atoms with van der Waals surface area (Å²) in [6, 6.07) is 19.5. The molecular formula is C33H47N5O3. The number of likely N-dealkylation sites (tertiary alicyclic amines) is 2. The first kappa shape index (κ1) is 29.4. The van der Waals surface area contributed by atoms with Crippen LogP contribution in [0.15, 0.2) is 54.6 Å². The van der Waals surface area contributed by atoms with Crippen LogP contribution in [0.2, 0.25) is 0 Å². The molecule has 0 radical (unpaired) electrons. The molecule has 2 aromatic carbocycles. The molecule has 3 aromatic rings. The zero-order valence-corrected chi connectivity index (χ0v) is 25.3. The molecular weight excluding hydrogens is 514 g/mol. The second-order valence-electron chi connectivity index (χ2n) is 12.6. The number of hydrogen-bond acceptors (Lipinski definition) is 6. The fourth-order valence-corrected chi connectivity index (χ4v) is 6.30. The highest BCUT2D eigenvalue weighted by molar-refractivity contribution is 5.78. The van der Waals surface area contributed by atoms with Crippen molar-refractivity contribution in [3.05, 3.63) is 60.2 Å². The van der Waals surface area contributed by atoms with E-state index in [0.29, 0.717) is 19.2 Å². The van der Waals surface area contributed by atoms with Crippen LogP contribution in [0.5, 0.6) is 0 Å². The van der Waals surface area contributed by atoms with E-state index in [2.05, 4.69) is 63.3 Å². The van der Waals surface area contributed by atoms with Gasteiger partial charge in [-0.05, 0) is 77.6 Å². The zero-order valence-electron chi connectivity index (χ0n) is 25.3. The number of carbonyl (C=O) groups is 1. The first-order valence-corrected chi connectivity index (χ1v) is 15.3. The summed E-state index contributed by atoms with van der Waals surface area (Å²) in [5.41, 5.74) is 2.97. The summed E-state index contributed by atoms with van der Waals surface area (Å²) in [6.07, 6.45) is 3.96. The van der Waals surface area contributed by atoms with Gasteiger partial charge in [0.2, 0.25) is 5.95 Å². The van der Waals surface area contributed by atoms with Gasteiger partial charge in [0, 0.05) is 50.8 Å². The van der Waals surface area contributed by atoms with E-state index in [4.69, 9.17) is 14.5 Å². The second kappa shape index (κ2) is 12.8. The molecule has 222 valence electrons. The number of anilines is 1. The number of benzene rings is 2. The first-order valence-electron chi connectivity index (χ1n) is 15.3. The Morgan fingerprint density at radius 1 is 1.02 bits per heavy atom. The number of aromatic nitrogens is 2. The molecule has 0 spiro atoms. The number of ether oxygens (including phenoxy) is 2. The van der Waals surface area contributed by atoms with Gasteiger partial charge in [0.05, 0.1) is 17.6 Å². The topological polar surface area (TPSA) is 71.9 Å². The van der Waals surface area contributed by atoms with Gasteiger partial charge in [-0.3, -0.25) is 0 Å². The van der Waals surface area contributed by atoms with E-state index >= 15 is 0 Å². The lowest BCUT2D eigenvalue weighted by Gasteiger charge is -2.36. The molecule has 0 bridgehead atoms. The molecule has 41 heavy (non-hydrogen) atoms. The molecule has 8 heteroatoms. The molecule has 8 nitrogen and oxygen atoms in total. The number of amides is 1. The predicted molar refractivity (Wildman–Crippen MR) is 164 cm³/mol. The number of para-hydroxylation sites is 2. The van der Waals surface area contributed by atoms with Crippen molar-refractivity contribution in [1.82, 2.24) is 19.4 Å². The summed E-state index contributed by atoms with van der Waals surface area (Å²) in [6.45, 7) is 14.6. The summed E-state index contributed by atoms with van der Waals surface area (Å²) < 4.78 is 13.6. The fourth-order valence-electron chi connectivity index (χ4n) is 6.30. The van der Waals surface area contributed by atoms with Gasteiger partial charge >= 0.3 is 6.09 Å². The number of nitrogens with one attached hydrogen (secondary N) is 1. The number of imidazole rings is 1. The summed E-state index contributed by atoms with van der Waals surface area (Å²) >= 11 is 0. The van der Waals surface area contributed by atoms with Gasteiger partial charge in [0.15, 0.2) is 0 Å². The van der Waals surface area contributed by atoms with E-state index in [1.54, 1.807) is 0 Å². The molecule has 2 fully saturated rings. The molecule has 0 saturated carbocycles. The van der Waals surface area contributed by atoms with Gasteiger partial charge in [-0.15, -0.1) is 0 Å². The van der Waals surface area contributed by atoms with E-state index in [0.717, 1.165) is 82.0 Å². The van der Waals surface area contributed by atoms with Crippen molar-refractivity contribution in [1.29, 1.82) is 0 Å². The zero-order chi connectivity index (χ0) is 28.9. The average Bonchev–Trinajstić information content (AvgIpc) is 3.55. The van der Waals surface area contributed by atoms with Crippen molar-refractivity contribution in [2.45, 2.75) is 77.0 Å². The maximum Gasteiger partial charge on any atom is 0.410 e. The Morgan fingerprint density at radius 3 is 2.49 bits per heavy atom. The Bertz CT molecular complexity index is 1280. The van der Waals surface area contributed by atoms with Gasteiger partial charge < -0.3 is 29.2 Å². The predicted octanol–water partition coefficient (Wildman–Crippen LogP) is 5.92. The number of fused-ring (bicyclic) bond motifs is 1. The Morgan fingerprint density at radius 2 is 1.76 bits per heavy atom. The standard InChI is InChI=1S/C33H47N5O3/c1-5-40-24-23-38-29-14-10-9-13-28(29)35-30(38)34-27-15-19-36(20-16-27)21-17-33(26-11-7-6-8-12-26)18-22-37(25-33)31(39)41-32(2,3)4/h6-14,27H,5,15-25H2,1-4H3,(H,34,35). The third-order valence-corrected chi connectivity index (χ3v) is 8.54. The van der Waals surface area contributed by atoms with Crippen LogP contribution in [0.4, 0.5) is 10.7 Å². The highest BCUT2D eigenvalue weighted by Crippen LogP contribution is 2.39. The molecule has 2 saturated heterocycles. The molecule has 1 amide bonds. The monoisotopic (exact) mass is 561 g/mol. The van der Waals surface area contributed by atoms with Gasteiger partial charge in [0.25, 0.3) is 0 Å². The van der Waals surface area contributed by atoms with E-state index in [1.165, 1.54) is 5.56 Å². The summed E-state index contributed by atoms with van der Waals surface area (Å²) in [7, 11) is 0. The van der Waals surface area contributed by atoms with Crippen molar-refractivity contribution in [3.8, 4) is 0 Å². The van der Waals surface area contributed by atoms with E-state index in [1.807, 2.05) is 38.7 Å². The van der Waals surface area contributed by atoms with Crippen molar-refractivity contribution in [3.63, 3.8) is 0 Å². The van der Waals surface area contributed by atoms with Crippen molar-refractivity contribution < 1.29 is 14.3 Å². The van der Waals surface area contributed by atoms with E-state index in [9.17, 15) is 4.79 Å². The SMILES string of the molecule is CCOCCn1c(NC2CCN(CCC3(c4ccccc4)CCN(C(=O)OC(C)(C)C)C3)CC2)nc2ccccc21. The van der Waals surface area contributed by atoms with E-state index < -0.39 is 5.60 Å². The van der Waals surface area contributed by atoms with Crippen LogP contribution in [0, 0.1) is 0 Å². The summed E-state index contributed by atoms with van der Waals surface area (Å²) in [5, 5.41) is 3.77. The highest BCUT2D eigenvalue weighted by Gasteiger charge is 2.42. The number of piperidine rings is 1. The van der Waals surface area contributed by atoms with Crippen LogP contribution >= 0.6 is 0 Å².